The minimum atomic E-state index is -4.84. The van der Waals surface area contributed by atoms with Gasteiger partial charge in [-0.3, -0.25) is 4.79 Å². The molecule has 32 heavy (non-hydrogen) atoms. The normalized spacial score (nSPS) is 12.4. The van der Waals surface area contributed by atoms with Crippen LogP contribution in [0.25, 0.3) is 0 Å². The van der Waals surface area contributed by atoms with Crippen molar-refractivity contribution in [3.8, 4) is 0 Å². The average molecular weight is 460 g/mol. The quantitative estimate of drug-likeness (QED) is 0.103. The topological polar surface area (TPSA) is 46.1 Å². The van der Waals surface area contributed by atoms with Crippen LogP contribution in [-0.2, 0) is 17.9 Å². The zero-order chi connectivity index (χ0) is 23.7. The number of nitrogens with zero attached hydrogens (tertiary/aromatic N) is 2. The number of hydrogen-bond donors (Lipinski definition) is 1. The summed E-state index contributed by atoms with van der Waals surface area (Å²) in [7, 11) is 0. The van der Waals surface area contributed by atoms with Crippen LogP contribution in [0.15, 0.2) is 30.6 Å². The Balaban J connectivity index is 1.96. The summed E-state index contributed by atoms with van der Waals surface area (Å²) in [4.78, 5) is 11.4. The first-order valence-electron chi connectivity index (χ1n) is 12.4. The van der Waals surface area contributed by atoms with Gasteiger partial charge >= 0.3 is 6.18 Å². The Morgan fingerprint density at radius 1 is 0.906 bits per heavy atom. The van der Waals surface area contributed by atoms with Gasteiger partial charge in [0.25, 0.3) is 0 Å². The number of alkyl halides is 3. The van der Waals surface area contributed by atoms with Gasteiger partial charge < -0.3 is 5.11 Å². The molecule has 0 aliphatic heterocycles. The number of aliphatic hydroxyl groups is 1. The van der Waals surface area contributed by atoms with E-state index in [9.17, 15) is 18.0 Å². The van der Waals surface area contributed by atoms with E-state index in [4.69, 9.17) is 5.11 Å². The Morgan fingerprint density at radius 2 is 1.47 bits per heavy atom. The summed E-state index contributed by atoms with van der Waals surface area (Å²) in [6.07, 6.45) is 18.1. The third-order valence-corrected chi connectivity index (χ3v) is 5.69. The number of allylic oxidation sites excluding steroid dienone is 2. The van der Waals surface area contributed by atoms with Crippen LogP contribution in [-0.4, -0.2) is 21.6 Å². The average Bonchev–Trinajstić information content (AvgIpc) is 3.19. The van der Waals surface area contributed by atoms with E-state index in [1.54, 1.807) is 0 Å². The van der Waals surface area contributed by atoms with Gasteiger partial charge in [0.2, 0.25) is 12.1 Å². The lowest BCUT2D eigenvalue weighted by Gasteiger charge is -2.04. The Labute approximate surface area is 191 Å². The number of aryl methyl sites for hydroxylation is 2. The molecule has 0 atom stereocenters. The smallest absolute Gasteiger partial charge is 0.448 e. The molecule has 7 heteroatoms. The largest absolute Gasteiger partial charge is 0.504 e. The van der Waals surface area contributed by atoms with Crippen molar-refractivity contribution < 1.29 is 27.6 Å². The van der Waals surface area contributed by atoms with Crippen molar-refractivity contribution in [1.29, 1.82) is 0 Å². The molecule has 1 aromatic heterocycles. The Hall–Kier alpha value is -1.79. The van der Waals surface area contributed by atoms with Gasteiger partial charge in [-0.1, -0.05) is 64.7 Å². The first-order valence-corrected chi connectivity index (χ1v) is 12.4. The molecule has 0 aliphatic rings. The highest BCUT2D eigenvalue weighted by atomic mass is 19.4. The van der Waals surface area contributed by atoms with E-state index in [-0.39, 0.29) is 6.42 Å². The zero-order valence-electron chi connectivity index (χ0n) is 19.7. The fourth-order valence-corrected chi connectivity index (χ4v) is 3.74. The number of rotatable bonds is 19. The van der Waals surface area contributed by atoms with E-state index < -0.39 is 17.7 Å². The number of carbonyl (C=O) groups excluding carboxylic acids is 1. The highest BCUT2D eigenvalue weighted by Crippen LogP contribution is 2.23. The van der Waals surface area contributed by atoms with Gasteiger partial charge in [-0.05, 0) is 32.1 Å². The third kappa shape index (κ3) is 14.3. The molecule has 0 saturated carbocycles. The Bertz CT molecular complexity index is 654. The van der Waals surface area contributed by atoms with E-state index in [1.165, 1.54) is 51.4 Å². The van der Waals surface area contributed by atoms with Crippen LogP contribution < -0.4 is 4.57 Å². The molecule has 0 fully saturated rings. The highest BCUT2D eigenvalue weighted by Gasteiger charge is 2.34. The summed E-state index contributed by atoms with van der Waals surface area (Å²) in [6.45, 7) is 4.39. The molecule has 4 nitrogen and oxygen atoms in total. The lowest BCUT2D eigenvalue weighted by atomic mass is 10.1. The van der Waals surface area contributed by atoms with Crippen LogP contribution in [0.1, 0.15) is 103 Å². The molecule has 0 bridgehead atoms. The number of unbranched alkanes of at least 4 members (excludes halogenated alkanes) is 12. The summed E-state index contributed by atoms with van der Waals surface area (Å²) in [5, 5.41) is 8.75. The van der Waals surface area contributed by atoms with Crippen LogP contribution in [0.5, 0.6) is 0 Å². The number of ketones is 1. The Morgan fingerprint density at radius 3 is 2.09 bits per heavy atom. The molecule has 1 rings (SSSR count). The number of carbonyl (C=O) groups is 1. The molecule has 184 valence electrons. The van der Waals surface area contributed by atoms with Gasteiger partial charge in [-0.25, -0.2) is 9.13 Å². The maximum Gasteiger partial charge on any atom is 0.448 e. The van der Waals surface area contributed by atoms with Crippen molar-refractivity contribution in [2.45, 2.75) is 123 Å². The molecule has 1 N–H and O–H groups in total. The number of aromatic nitrogens is 2. The van der Waals surface area contributed by atoms with Crippen LogP contribution in [0, 0.1) is 0 Å². The summed E-state index contributed by atoms with van der Waals surface area (Å²) in [5.74, 6) is -2.48. The second-order valence-corrected chi connectivity index (χ2v) is 8.73. The number of imidazole rings is 1. The summed E-state index contributed by atoms with van der Waals surface area (Å²) < 4.78 is 41.0. The first-order chi connectivity index (χ1) is 15.3. The van der Waals surface area contributed by atoms with Crippen molar-refractivity contribution in [1.82, 2.24) is 4.57 Å². The fraction of sp³-hybridized carbons (Fsp3) is 0.760. The van der Waals surface area contributed by atoms with Crippen molar-refractivity contribution >= 4 is 5.78 Å². The maximum absolute atomic E-state index is 12.1. The Kier molecular flexibility index (Phi) is 14.8. The zero-order valence-corrected chi connectivity index (χ0v) is 19.7. The van der Waals surface area contributed by atoms with Gasteiger partial charge in [-0.2, -0.15) is 13.2 Å². The van der Waals surface area contributed by atoms with E-state index in [0.29, 0.717) is 12.5 Å². The molecule has 0 aliphatic carbocycles. The molecule has 1 aromatic rings. The molecule has 1 heterocycles. The lowest BCUT2D eigenvalue weighted by Crippen LogP contribution is -2.30. The predicted molar refractivity (Wildman–Crippen MR) is 121 cm³/mol. The van der Waals surface area contributed by atoms with E-state index in [0.717, 1.165) is 45.2 Å². The van der Waals surface area contributed by atoms with Crippen LogP contribution in [0.3, 0.4) is 0 Å². The number of hydrogen-bond acceptors (Lipinski definition) is 2. The third-order valence-electron chi connectivity index (χ3n) is 5.69. The molecular weight excluding hydrogens is 417 g/mol. The van der Waals surface area contributed by atoms with E-state index in [1.807, 2.05) is 0 Å². The van der Waals surface area contributed by atoms with Gasteiger partial charge in [0.15, 0.2) is 5.78 Å². The highest BCUT2D eigenvalue weighted by molar-refractivity contribution is 5.90. The second kappa shape index (κ2) is 16.8. The van der Waals surface area contributed by atoms with Gasteiger partial charge in [0.05, 0.1) is 13.1 Å². The molecule has 0 amide bonds. The molecule has 0 unspecified atom stereocenters. The predicted octanol–water partition coefficient (Wildman–Crippen LogP) is 7.22. The van der Waals surface area contributed by atoms with Crippen molar-refractivity contribution in [2.75, 3.05) is 0 Å². The summed E-state index contributed by atoms with van der Waals surface area (Å²) in [6, 6.07) is 0. The second-order valence-electron chi connectivity index (χ2n) is 8.73. The molecule has 0 spiro atoms. The minimum absolute atomic E-state index is 0.0515. The van der Waals surface area contributed by atoms with Gasteiger partial charge in [-0.15, -0.1) is 0 Å². The molecular formula is C25H42F3N2O2+. The first kappa shape index (κ1) is 28.2. The minimum Gasteiger partial charge on any atom is -0.504 e. The standard InChI is InChI=1S/C25H41F3N2O2/c1-2-3-4-5-11-14-17-29-19-20-30(22-29)18-15-12-9-7-6-8-10-13-16-23(31)21-24(32)25(26,27)28/h19-22H,2-18H2,1H3/p+1. The number of aliphatic hydroxyl groups excluding tert-OH is 1. The monoisotopic (exact) mass is 459 g/mol. The van der Waals surface area contributed by atoms with Crippen molar-refractivity contribution in [2.24, 2.45) is 0 Å². The lowest BCUT2D eigenvalue weighted by molar-refractivity contribution is -0.696. The molecule has 0 radical (unpaired) electrons. The molecule has 0 saturated heterocycles. The van der Waals surface area contributed by atoms with Gasteiger partial charge in [0, 0.05) is 12.5 Å². The summed E-state index contributed by atoms with van der Waals surface area (Å²) in [5.41, 5.74) is 0. The fourth-order valence-electron chi connectivity index (χ4n) is 3.74. The van der Waals surface area contributed by atoms with E-state index >= 15 is 0 Å². The maximum atomic E-state index is 12.1. The van der Waals surface area contributed by atoms with Crippen LogP contribution >= 0.6 is 0 Å². The van der Waals surface area contributed by atoms with Crippen molar-refractivity contribution in [3.05, 3.63) is 30.6 Å². The SMILES string of the molecule is CCCCCCCCn1cc[n+](CCCCCCCCCCC(=O)C=C(O)C(F)(F)F)c1. The summed E-state index contributed by atoms with van der Waals surface area (Å²) >= 11 is 0. The molecule has 0 aromatic carbocycles. The van der Waals surface area contributed by atoms with E-state index in [2.05, 4.69) is 34.8 Å². The van der Waals surface area contributed by atoms with Crippen LogP contribution in [0.4, 0.5) is 13.2 Å². The van der Waals surface area contributed by atoms with Crippen LogP contribution in [0.2, 0.25) is 0 Å². The van der Waals surface area contributed by atoms with Crippen molar-refractivity contribution in [3.63, 3.8) is 0 Å². The van der Waals surface area contributed by atoms with Gasteiger partial charge in [0.1, 0.15) is 12.4 Å². The number of halogens is 3.